The summed E-state index contributed by atoms with van der Waals surface area (Å²) in [5.41, 5.74) is 5.67. The number of anilines is 1. The van der Waals surface area contributed by atoms with Crippen LogP contribution in [0.1, 0.15) is 6.92 Å². The molecule has 0 atom stereocenters. The molecule has 0 aromatic heterocycles. The van der Waals surface area contributed by atoms with Crippen LogP contribution in [0.2, 0.25) is 0 Å². The van der Waals surface area contributed by atoms with Crippen LogP contribution in [-0.2, 0) is 10.0 Å². The summed E-state index contributed by atoms with van der Waals surface area (Å²) < 4.78 is 39.5. The largest absolute Gasteiger partial charge is 0.399 e. The predicted octanol–water partition coefficient (Wildman–Crippen LogP) is 0.638. The highest BCUT2D eigenvalue weighted by Crippen LogP contribution is 2.17. The zero-order chi connectivity index (χ0) is 13.8. The molecule has 0 aliphatic rings. The minimum Gasteiger partial charge on any atom is -0.399 e. The summed E-state index contributed by atoms with van der Waals surface area (Å²) >= 11 is 0. The number of hydrogen-bond acceptors (Lipinski definition) is 4. The average Bonchev–Trinajstić information content (AvgIpc) is 2.31. The van der Waals surface area contributed by atoms with E-state index in [2.05, 4.69) is 4.72 Å². The van der Waals surface area contributed by atoms with Gasteiger partial charge in [-0.25, -0.2) is 17.5 Å². The molecule has 0 amide bonds. The smallest absolute Gasteiger partial charge is 0.243 e. The average molecular weight is 275 g/mol. The van der Waals surface area contributed by atoms with E-state index in [1.165, 1.54) is 6.07 Å². The number of nitrogens with one attached hydrogen (secondary N) is 1. The number of sulfonamides is 1. The molecule has 0 bridgehead atoms. The third kappa shape index (κ3) is 3.94. The Morgan fingerprint density at radius 3 is 2.72 bits per heavy atom. The molecule has 0 fully saturated rings. The number of rotatable bonds is 6. The van der Waals surface area contributed by atoms with Crippen LogP contribution in [0.25, 0.3) is 0 Å². The number of hydrogen-bond donors (Lipinski definition) is 2. The van der Waals surface area contributed by atoms with Gasteiger partial charge in [0.05, 0.1) is 0 Å². The van der Waals surface area contributed by atoms with E-state index in [1.807, 2.05) is 18.9 Å². The second-order valence-electron chi connectivity index (χ2n) is 3.98. The second kappa shape index (κ2) is 6.12. The molecule has 0 aliphatic carbocycles. The summed E-state index contributed by atoms with van der Waals surface area (Å²) in [4.78, 5) is 1.53. The van der Waals surface area contributed by atoms with Gasteiger partial charge in [0, 0.05) is 18.8 Å². The third-order valence-corrected chi connectivity index (χ3v) is 4.05. The van der Waals surface area contributed by atoms with Crippen LogP contribution in [0, 0.1) is 5.82 Å². The Balaban J connectivity index is 2.77. The van der Waals surface area contributed by atoms with Crippen molar-refractivity contribution in [3.8, 4) is 0 Å². The zero-order valence-corrected chi connectivity index (χ0v) is 11.3. The van der Waals surface area contributed by atoms with Gasteiger partial charge in [0.1, 0.15) is 10.7 Å². The lowest BCUT2D eigenvalue weighted by Crippen LogP contribution is -2.33. The second-order valence-corrected chi connectivity index (χ2v) is 5.72. The Labute approximate surface area is 107 Å². The van der Waals surface area contributed by atoms with Crippen LogP contribution in [0.15, 0.2) is 23.1 Å². The van der Waals surface area contributed by atoms with Crippen molar-refractivity contribution >= 4 is 15.7 Å². The van der Waals surface area contributed by atoms with E-state index < -0.39 is 20.7 Å². The molecule has 0 saturated carbocycles. The van der Waals surface area contributed by atoms with E-state index in [9.17, 15) is 12.8 Å². The van der Waals surface area contributed by atoms with E-state index in [4.69, 9.17) is 5.73 Å². The highest BCUT2D eigenvalue weighted by atomic mass is 32.2. The monoisotopic (exact) mass is 275 g/mol. The first-order valence-electron chi connectivity index (χ1n) is 5.60. The number of halogens is 1. The van der Waals surface area contributed by atoms with Gasteiger partial charge in [0.25, 0.3) is 0 Å². The lowest BCUT2D eigenvalue weighted by Gasteiger charge is -2.14. The van der Waals surface area contributed by atoms with E-state index in [0.717, 1.165) is 18.7 Å². The molecule has 3 N–H and O–H groups in total. The molecule has 5 nitrogen and oxygen atoms in total. The molecule has 0 saturated heterocycles. The molecule has 18 heavy (non-hydrogen) atoms. The van der Waals surface area contributed by atoms with Crippen LogP contribution in [0.5, 0.6) is 0 Å². The van der Waals surface area contributed by atoms with Gasteiger partial charge in [-0.15, -0.1) is 0 Å². The summed E-state index contributed by atoms with van der Waals surface area (Å²) in [6.45, 7) is 3.56. The highest BCUT2D eigenvalue weighted by molar-refractivity contribution is 7.89. The van der Waals surface area contributed by atoms with Crippen LogP contribution >= 0.6 is 0 Å². The van der Waals surface area contributed by atoms with E-state index in [-0.39, 0.29) is 12.2 Å². The summed E-state index contributed by atoms with van der Waals surface area (Å²) in [5.74, 6) is -0.805. The van der Waals surface area contributed by atoms with Crippen molar-refractivity contribution in [1.82, 2.24) is 9.62 Å². The maximum absolute atomic E-state index is 13.4. The van der Waals surface area contributed by atoms with Gasteiger partial charge in [-0.1, -0.05) is 6.92 Å². The molecule has 0 aliphatic heterocycles. The van der Waals surface area contributed by atoms with Gasteiger partial charge in [0.15, 0.2) is 0 Å². The lowest BCUT2D eigenvalue weighted by molar-refractivity contribution is 0.358. The van der Waals surface area contributed by atoms with Gasteiger partial charge in [0.2, 0.25) is 10.0 Å². The van der Waals surface area contributed by atoms with Gasteiger partial charge < -0.3 is 10.6 Å². The number of likely N-dealkylation sites (N-methyl/N-ethyl adjacent to an activating group) is 1. The van der Waals surface area contributed by atoms with Crippen molar-refractivity contribution in [2.75, 3.05) is 32.4 Å². The maximum atomic E-state index is 13.4. The van der Waals surface area contributed by atoms with Gasteiger partial charge >= 0.3 is 0 Å². The maximum Gasteiger partial charge on any atom is 0.243 e. The van der Waals surface area contributed by atoms with Crippen LogP contribution in [-0.4, -0.2) is 40.0 Å². The minimum absolute atomic E-state index is 0.211. The molecule has 1 aromatic carbocycles. The molecule has 1 rings (SSSR count). The van der Waals surface area contributed by atoms with Crippen molar-refractivity contribution in [2.24, 2.45) is 0 Å². The first-order valence-corrected chi connectivity index (χ1v) is 7.08. The topological polar surface area (TPSA) is 75.4 Å². The molecule has 1 aromatic rings. The zero-order valence-electron chi connectivity index (χ0n) is 10.5. The third-order valence-electron chi connectivity index (χ3n) is 2.57. The van der Waals surface area contributed by atoms with E-state index in [1.54, 1.807) is 0 Å². The van der Waals surface area contributed by atoms with Crippen LogP contribution in [0.3, 0.4) is 0 Å². The van der Waals surface area contributed by atoms with Crippen molar-refractivity contribution in [2.45, 2.75) is 11.8 Å². The molecule has 0 unspecified atom stereocenters. The van der Waals surface area contributed by atoms with E-state index >= 15 is 0 Å². The summed E-state index contributed by atoms with van der Waals surface area (Å²) in [6.07, 6.45) is 0. The fraction of sp³-hybridized carbons (Fsp3) is 0.455. The summed E-state index contributed by atoms with van der Waals surface area (Å²) in [5, 5.41) is 0. The lowest BCUT2D eigenvalue weighted by atomic mass is 10.3. The molecule has 0 radical (unpaired) electrons. The normalized spacial score (nSPS) is 12.0. The number of nitrogens with zero attached hydrogens (tertiary/aromatic N) is 1. The summed E-state index contributed by atoms with van der Waals surface area (Å²) in [6, 6.07) is 3.47. The molecular weight excluding hydrogens is 257 g/mol. The SMILES string of the molecule is CCN(C)CCNS(=O)(=O)c1cc(N)ccc1F. The molecule has 0 spiro atoms. The van der Waals surface area contributed by atoms with Crippen molar-refractivity contribution in [3.63, 3.8) is 0 Å². The molecule has 0 heterocycles. The Morgan fingerprint density at radius 2 is 2.11 bits per heavy atom. The predicted molar refractivity (Wildman–Crippen MR) is 69.2 cm³/mol. The number of benzene rings is 1. The van der Waals surface area contributed by atoms with Gasteiger partial charge in [-0.3, -0.25) is 0 Å². The van der Waals surface area contributed by atoms with Gasteiger partial charge in [-0.2, -0.15) is 0 Å². The quantitative estimate of drug-likeness (QED) is 0.747. The first-order chi connectivity index (χ1) is 8.36. The van der Waals surface area contributed by atoms with E-state index in [0.29, 0.717) is 6.54 Å². The fourth-order valence-corrected chi connectivity index (χ4v) is 2.46. The molecule has 102 valence electrons. The standard InChI is InChI=1S/C11H18FN3O2S/c1-3-15(2)7-6-14-18(16,17)11-8-9(13)4-5-10(11)12/h4-5,8,14H,3,6-7,13H2,1-2H3. The Morgan fingerprint density at radius 1 is 1.44 bits per heavy atom. The Kier molecular flexibility index (Phi) is 5.06. The highest BCUT2D eigenvalue weighted by Gasteiger charge is 2.18. The van der Waals surface area contributed by atoms with Crippen molar-refractivity contribution in [1.29, 1.82) is 0 Å². The van der Waals surface area contributed by atoms with Crippen LogP contribution < -0.4 is 10.5 Å². The Hall–Kier alpha value is -1.18. The van der Waals surface area contributed by atoms with Gasteiger partial charge in [-0.05, 0) is 31.8 Å². The van der Waals surface area contributed by atoms with Crippen molar-refractivity contribution in [3.05, 3.63) is 24.0 Å². The van der Waals surface area contributed by atoms with Crippen LogP contribution in [0.4, 0.5) is 10.1 Å². The molecule has 7 heteroatoms. The number of nitrogen functional groups attached to an aromatic ring is 1. The fourth-order valence-electron chi connectivity index (χ4n) is 1.33. The molecular formula is C11H18FN3O2S. The number of nitrogens with two attached hydrogens (primary N) is 1. The Bertz CT molecular complexity index is 505. The minimum atomic E-state index is -3.85. The first kappa shape index (κ1) is 14.9. The van der Waals surface area contributed by atoms with Crippen molar-refractivity contribution < 1.29 is 12.8 Å². The summed E-state index contributed by atoms with van der Waals surface area (Å²) in [7, 11) is -1.98.